The van der Waals surface area contributed by atoms with Gasteiger partial charge in [-0.3, -0.25) is 4.79 Å². The summed E-state index contributed by atoms with van der Waals surface area (Å²) in [6.07, 6.45) is 0. The minimum atomic E-state index is -1.08. The average Bonchev–Trinajstić information content (AvgIpc) is 2.82. The van der Waals surface area contributed by atoms with Crippen molar-refractivity contribution in [2.45, 2.75) is 40.2 Å². The van der Waals surface area contributed by atoms with E-state index >= 15 is 0 Å². The number of hydrogen-bond acceptors (Lipinski definition) is 6. The van der Waals surface area contributed by atoms with Crippen LogP contribution in [0.3, 0.4) is 0 Å². The van der Waals surface area contributed by atoms with E-state index in [0.29, 0.717) is 35.4 Å². The molecule has 0 fully saturated rings. The van der Waals surface area contributed by atoms with Crippen LogP contribution < -0.4 is 15.0 Å². The highest BCUT2D eigenvalue weighted by Gasteiger charge is 2.29. The van der Waals surface area contributed by atoms with Crippen LogP contribution in [-0.2, 0) is 11.3 Å². The SMILES string of the molecule is COc1ccc(CNC(=O)[C@H](C#N)c2nc3ccccc3nc2N(CC(C)C)CC(C)C)cc1. The van der Waals surface area contributed by atoms with Crippen molar-refractivity contribution in [2.75, 3.05) is 25.1 Å². The van der Waals surface area contributed by atoms with E-state index in [-0.39, 0.29) is 0 Å². The summed E-state index contributed by atoms with van der Waals surface area (Å²) in [5.41, 5.74) is 2.72. The minimum absolute atomic E-state index is 0.305. The molecule has 2 aromatic carbocycles. The van der Waals surface area contributed by atoms with Crippen molar-refractivity contribution in [3.63, 3.8) is 0 Å². The summed E-state index contributed by atoms with van der Waals surface area (Å²) in [7, 11) is 1.61. The van der Waals surface area contributed by atoms with Crippen molar-refractivity contribution in [2.24, 2.45) is 11.8 Å². The molecule has 0 spiro atoms. The van der Waals surface area contributed by atoms with Crippen LogP contribution in [0.2, 0.25) is 0 Å². The molecule has 0 unspecified atom stereocenters. The van der Waals surface area contributed by atoms with Gasteiger partial charge in [0.15, 0.2) is 11.7 Å². The second-order valence-corrected chi connectivity index (χ2v) is 9.24. The first-order valence-corrected chi connectivity index (χ1v) is 11.6. The van der Waals surface area contributed by atoms with E-state index in [0.717, 1.165) is 29.9 Å². The summed E-state index contributed by atoms with van der Waals surface area (Å²) in [6.45, 7) is 10.4. The number of aromatic nitrogens is 2. The van der Waals surface area contributed by atoms with Crippen LogP contribution in [0.15, 0.2) is 48.5 Å². The predicted octanol–water partition coefficient (Wildman–Crippen LogP) is 4.68. The largest absolute Gasteiger partial charge is 0.497 e. The third kappa shape index (κ3) is 6.22. The predicted molar refractivity (Wildman–Crippen MR) is 135 cm³/mol. The zero-order valence-corrected chi connectivity index (χ0v) is 20.6. The summed E-state index contributed by atoms with van der Waals surface area (Å²) in [4.78, 5) is 25.0. The second kappa shape index (κ2) is 11.5. The van der Waals surface area contributed by atoms with E-state index in [2.05, 4.69) is 44.0 Å². The molecule has 0 aliphatic heterocycles. The number of nitrogens with zero attached hydrogens (tertiary/aromatic N) is 4. The molecular weight excluding hydrogens is 426 g/mol. The van der Waals surface area contributed by atoms with Crippen LogP contribution in [0.5, 0.6) is 5.75 Å². The second-order valence-electron chi connectivity index (χ2n) is 9.24. The van der Waals surface area contributed by atoms with Crippen molar-refractivity contribution < 1.29 is 9.53 Å². The zero-order chi connectivity index (χ0) is 24.7. The standard InChI is InChI=1S/C27H33N5O2/c1-18(2)16-32(17-19(3)4)26-25(30-23-8-6-7-9-24(23)31-26)22(14-28)27(33)29-15-20-10-12-21(34-5)13-11-20/h6-13,18-19,22H,15-17H2,1-5H3,(H,29,33)/t22-/m1/s1. The lowest BCUT2D eigenvalue weighted by Crippen LogP contribution is -2.35. The zero-order valence-electron chi connectivity index (χ0n) is 20.6. The fraction of sp³-hybridized carbons (Fsp3) is 0.407. The molecule has 0 bridgehead atoms. The molecule has 34 heavy (non-hydrogen) atoms. The van der Waals surface area contributed by atoms with Gasteiger partial charge < -0.3 is 15.0 Å². The van der Waals surface area contributed by atoms with E-state index in [9.17, 15) is 10.1 Å². The van der Waals surface area contributed by atoms with Gasteiger partial charge in [0.05, 0.1) is 24.2 Å². The quantitative estimate of drug-likeness (QED) is 0.473. The van der Waals surface area contributed by atoms with Gasteiger partial charge in [-0.2, -0.15) is 5.26 Å². The van der Waals surface area contributed by atoms with Gasteiger partial charge in [0.25, 0.3) is 0 Å². The molecule has 1 atom stereocenters. The van der Waals surface area contributed by atoms with Crippen LogP contribution >= 0.6 is 0 Å². The molecule has 3 aromatic rings. The maximum absolute atomic E-state index is 13.2. The Bertz CT molecular complexity index is 1140. The Morgan fingerprint density at radius 1 is 1.00 bits per heavy atom. The number of carbonyl (C=O) groups is 1. The Hall–Kier alpha value is -3.66. The lowest BCUT2D eigenvalue weighted by Gasteiger charge is -2.29. The molecule has 0 saturated carbocycles. The smallest absolute Gasteiger partial charge is 0.243 e. The molecule has 0 aliphatic rings. The molecule has 1 aromatic heterocycles. The van der Waals surface area contributed by atoms with Gasteiger partial charge in [-0.15, -0.1) is 0 Å². The highest BCUT2D eigenvalue weighted by atomic mass is 16.5. The number of para-hydroxylation sites is 2. The number of carbonyl (C=O) groups excluding carboxylic acids is 1. The maximum atomic E-state index is 13.2. The lowest BCUT2D eigenvalue weighted by atomic mass is 10.0. The number of ether oxygens (including phenoxy) is 1. The summed E-state index contributed by atoms with van der Waals surface area (Å²) in [5, 5.41) is 12.9. The summed E-state index contributed by atoms with van der Waals surface area (Å²) < 4.78 is 5.18. The van der Waals surface area contributed by atoms with Crippen molar-refractivity contribution in [1.82, 2.24) is 15.3 Å². The summed E-state index contributed by atoms with van der Waals surface area (Å²) in [6, 6.07) is 17.2. The Balaban J connectivity index is 1.97. The van der Waals surface area contributed by atoms with Crippen LogP contribution in [0.25, 0.3) is 11.0 Å². The van der Waals surface area contributed by atoms with E-state index in [4.69, 9.17) is 14.7 Å². The Labute approximate surface area is 201 Å². The monoisotopic (exact) mass is 459 g/mol. The Morgan fingerprint density at radius 3 is 2.12 bits per heavy atom. The number of fused-ring (bicyclic) bond motifs is 1. The summed E-state index contributed by atoms with van der Waals surface area (Å²) >= 11 is 0. The van der Waals surface area contributed by atoms with Gasteiger partial charge in [0.2, 0.25) is 5.91 Å². The summed E-state index contributed by atoms with van der Waals surface area (Å²) in [5.74, 6) is 0.641. The van der Waals surface area contributed by atoms with Gasteiger partial charge in [-0.25, -0.2) is 9.97 Å². The first-order valence-electron chi connectivity index (χ1n) is 11.6. The van der Waals surface area contributed by atoms with Gasteiger partial charge in [-0.1, -0.05) is 52.0 Å². The van der Waals surface area contributed by atoms with Gasteiger partial charge in [-0.05, 0) is 41.7 Å². The highest BCUT2D eigenvalue weighted by Crippen LogP contribution is 2.28. The van der Waals surface area contributed by atoms with Gasteiger partial charge in [0, 0.05) is 19.6 Å². The lowest BCUT2D eigenvalue weighted by molar-refractivity contribution is -0.121. The number of hydrogen-bond donors (Lipinski definition) is 1. The first kappa shape index (κ1) is 25.0. The molecule has 3 rings (SSSR count). The topological polar surface area (TPSA) is 91.1 Å². The number of nitrogens with one attached hydrogen (secondary N) is 1. The molecule has 0 saturated heterocycles. The first-order chi connectivity index (χ1) is 16.3. The van der Waals surface area contributed by atoms with Gasteiger partial charge >= 0.3 is 0 Å². The molecular formula is C27H33N5O2. The third-order valence-electron chi connectivity index (χ3n) is 5.34. The van der Waals surface area contributed by atoms with E-state index in [1.165, 1.54) is 0 Å². The van der Waals surface area contributed by atoms with Crippen molar-refractivity contribution >= 4 is 22.8 Å². The molecule has 7 heteroatoms. The normalized spacial score (nSPS) is 11.9. The molecule has 0 aliphatic carbocycles. The molecule has 1 heterocycles. The fourth-order valence-electron chi connectivity index (χ4n) is 3.84. The fourth-order valence-corrected chi connectivity index (χ4v) is 3.84. The molecule has 1 amide bonds. The number of rotatable bonds is 10. The van der Waals surface area contributed by atoms with Crippen LogP contribution in [0.1, 0.15) is 44.9 Å². The number of amides is 1. The number of anilines is 1. The van der Waals surface area contributed by atoms with Crippen LogP contribution in [-0.4, -0.2) is 36.1 Å². The molecule has 1 N–H and O–H groups in total. The molecule has 178 valence electrons. The maximum Gasteiger partial charge on any atom is 0.243 e. The number of nitriles is 1. The molecule has 7 nitrogen and oxygen atoms in total. The van der Waals surface area contributed by atoms with Crippen molar-refractivity contribution in [1.29, 1.82) is 5.26 Å². The van der Waals surface area contributed by atoms with Crippen molar-refractivity contribution in [3.8, 4) is 11.8 Å². The van der Waals surface area contributed by atoms with E-state index in [1.54, 1.807) is 7.11 Å². The van der Waals surface area contributed by atoms with Crippen LogP contribution in [0, 0.1) is 23.2 Å². The highest BCUT2D eigenvalue weighted by molar-refractivity contribution is 5.88. The molecule has 0 radical (unpaired) electrons. The number of methoxy groups -OCH3 is 1. The van der Waals surface area contributed by atoms with E-state index in [1.807, 2.05) is 48.5 Å². The number of benzene rings is 2. The van der Waals surface area contributed by atoms with E-state index < -0.39 is 11.8 Å². The Kier molecular flexibility index (Phi) is 8.42. The average molecular weight is 460 g/mol. The van der Waals surface area contributed by atoms with Crippen LogP contribution in [0.4, 0.5) is 5.82 Å². The van der Waals surface area contributed by atoms with Crippen molar-refractivity contribution in [3.05, 3.63) is 59.8 Å². The Morgan fingerprint density at radius 2 is 1.59 bits per heavy atom. The van der Waals surface area contributed by atoms with Gasteiger partial charge in [0.1, 0.15) is 11.4 Å². The minimum Gasteiger partial charge on any atom is -0.497 e. The third-order valence-corrected chi connectivity index (χ3v) is 5.34.